The molecule has 0 radical (unpaired) electrons. The number of hydrogen-bond acceptors (Lipinski definition) is 3. The van der Waals surface area contributed by atoms with Crippen molar-refractivity contribution >= 4 is 11.0 Å². The molecular formula is C15H20N4O. The summed E-state index contributed by atoms with van der Waals surface area (Å²) in [4.78, 5) is 17.2. The summed E-state index contributed by atoms with van der Waals surface area (Å²) in [6.45, 7) is 3.16. The van der Waals surface area contributed by atoms with Gasteiger partial charge in [0.25, 0.3) is 0 Å². The Labute approximate surface area is 117 Å². The molecule has 106 valence electrons. The second-order valence-corrected chi connectivity index (χ2v) is 6.13. The van der Waals surface area contributed by atoms with Crippen LogP contribution < -0.4 is 11.0 Å². The van der Waals surface area contributed by atoms with Crippen molar-refractivity contribution in [2.75, 3.05) is 13.1 Å². The molecule has 2 saturated heterocycles. The largest absolute Gasteiger partial charge is 0.326 e. The fourth-order valence-corrected chi connectivity index (χ4v) is 3.77. The highest BCUT2D eigenvalue weighted by molar-refractivity contribution is 5.78. The van der Waals surface area contributed by atoms with E-state index < -0.39 is 0 Å². The quantitative estimate of drug-likeness (QED) is 0.850. The van der Waals surface area contributed by atoms with Crippen molar-refractivity contribution in [1.82, 2.24) is 19.8 Å². The smallest absolute Gasteiger partial charge is 0.309 e. The summed E-state index contributed by atoms with van der Waals surface area (Å²) >= 11 is 0. The van der Waals surface area contributed by atoms with Crippen molar-refractivity contribution in [3.05, 3.63) is 34.2 Å². The predicted molar refractivity (Wildman–Crippen MR) is 78.8 cm³/mol. The normalized spacial score (nSPS) is 26.4. The van der Waals surface area contributed by atoms with Gasteiger partial charge in [-0.15, -0.1) is 0 Å². The third-order valence-corrected chi connectivity index (χ3v) is 4.69. The summed E-state index contributed by atoms with van der Waals surface area (Å²) in [5.41, 5.74) is 3.19. The summed E-state index contributed by atoms with van der Waals surface area (Å²) in [6.07, 6.45) is 2.60. The van der Waals surface area contributed by atoms with Crippen molar-refractivity contribution in [3.8, 4) is 0 Å². The van der Waals surface area contributed by atoms with Crippen LogP contribution in [0.1, 0.15) is 18.4 Å². The molecule has 2 aromatic rings. The number of nitrogens with one attached hydrogen (secondary N) is 2. The highest BCUT2D eigenvalue weighted by atomic mass is 16.1. The number of para-hydroxylation sites is 1. The Hall–Kier alpha value is -1.59. The fourth-order valence-electron chi connectivity index (χ4n) is 3.77. The number of fused-ring (bicyclic) bond motifs is 3. The predicted octanol–water partition coefficient (Wildman–Crippen LogP) is 0.803. The van der Waals surface area contributed by atoms with Crippen molar-refractivity contribution < 1.29 is 0 Å². The Balaban J connectivity index is 1.67. The Morgan fingerprint density at radius 3 is 2.75 bits per heavy atom. The molecular weight excluding hydrogens is 252 g/mol. The van der Waals surface area contributed by atoms with Crippen molar-refractivity contribution in [1.29, 1.82) is 0 Å². The lowest BCUT2D eigenvalue weighted by molar-refractivity contribution is 0.189. The molecule has 2 atom stereocenters. The Morgan fingerprint density at radius 2 is 2.00 bits per heavy atom. The molecule has 2 fully saturated rings. The lowest BCUT2D eigenvalue weighted by Gasteiger charge is -2.32. The molecule has 5 nitrogen and oxygen atoms in total. The van der Waals surface area contributed by atoms with Crippen molar-refractivity contribution in [2.45, 2.75) is 31.5 Å². The van der Waals surface area contributed by atoms with Gasteiger partial charge < -0.3 is 10.3 Å². The minimum atomic E-state index is -0.0344. The molecule has 3 heterocycles. The summed E-state index contributed by atoms with van der Waals surface area (Å²) in [7, 11) is 1.84. The van der Waals surface area contributed by atoms with Crippen LogP contribution in [0.3, 0.4) is 0 Å². The van der Waals surface area contributed by atoms with E-state index in [1.807, 2.05) is 19.2 Å². The maximum absolute atomic E-state index is 11.8. The van der Waals surface area contributed by atoms with E-state index in [1.54, 1.807) is 4.57 Å². The van der Waals surface area contributed by atoms with E-state index in [2.05, 4.69) is 21.3 Å². The van der Waals surface area contributed by atoms with Gasteiger partial charge in [-0.05, 0) is 24.5 Å². The number of aromatic amines is 1. The highest BCUT2D eigenvalue weighted by Gasteiger charge is 2.32. The lowest BCUT2D eigenvalue weighted by Crippen LogP contribution is -2.50. The van der Waals surface area contributed by atoms with Crippen LogP contribution in [0.5, 0.6) is 0 Å². The third kappa shape index (κ3) is 1.89. The van der Waals surface area contributed by atoms with E-state index in [4.69, 9.17) is 0 Å². The van der Waals surface area contributed by atoms with Crippen LogP contribution in [-0.2, 0) is 13.6 Å². The molecule has 0 saturated carbocycles. The van der Waals surface area contributed by atoms with E-state index in [0.29, 0.717) is 12.1 Å². The topological polar surface area (TPSA) is 53.1 Å². The van der Waals surface area contributed by atoms with E-state index in [9.17, 15) is 4.79 Å². The molecule has 2 bridgehead atoms. The number of aromatic nitrogens is 2. The summed E-state index contributed by atoms with van der Waals surface area (Å²) in [6, 6.07) is 7.46. The Morgan fingerprint density at radius 1 is 1.25 bits per heavy atom. The van der Waals surface area contributed by atoms with Gasteiger partial charge in [0.15, 0.2) is 0 Å². The molecule has 5 heteroatoms. The zero-order valence-corrected chi connectivity index (χ0v) is 11.7. The SMILES string of the molecule is Cn1c(=O)[nH]c2cccc(CN3C[C@H]4CC[C@@H](C3)N4)c21. The maximum atomic E-state index is 11.8. The average Bonchev–Trinajstić information content (AvgIpc) is 2.91. The number of H-pyrrole nitrogens is 1. The number of imidazole rings is 1. The van der Waals surface area contributed by atoms with Gasteiger partial charge in [0.1, 0.15) is 0 Å². The van der Waals surface area contributed by atoms with Gasteiger partial charge in [-0.3, -0.25) is 9.47 Å². The molecule has 2 N–H and O–H groups in total. The van der Waals surface area contributed by atoms with Gasteiger partial charge in [0.05, 0.1) is 11.0 Å². The van der Waals surface area contributed by atoms with Crippen LogP contribution in [0.2, 0.25) is 0 Å². The molecule has 0 amide bonds. The molecule has 0 spiro atoms. The van der Waals surface area contributed by atoms with Gasteiger partial charge in [-0.1, -0.05) is 12.1 Å². The number of benzene rings is 1. The Kier molecular flexibility index (Phi) is 2.72. The minimum Gasteiger partial charge on any atom is -0.309 e. The third-order valence-electron chi connectivity index (χ3n) is 4.69. The standard InChI is InChI=1S/C15H20N4O/c1-18-14-10(3-2-4-13(14)17-15(18)20)7-19-8-11-5-6-12(9-19)16-11/h2-4,11-12,16H,5-9H2,1H3,(H,17,20)/t11-,12+. The van der Waals surface area contributed by atoms with Crippen LogP contribution in [0.15, 0.2) is 23.0 Å². The number of rotatable bonds is 2. The first-order valence-corrected chi connectivity index (χ1v) is 7.36. The first kappa shape index (κ1) is 12.2. The summed E-state index contributed by atoms with van der Waals surface area (Å²) in [5, 5.41) is 3.66. The molecule has 0 unspecified atom stereocenters. The highest BCUT2D eigenvalue weighted by Crippen LogP contribution is 2.23. The monoisotopic (exact) mass is 272 g/mol. The first-order valence-electron chi connectivity index (χ1n) is 7.36. The second-order valence-electron chi connectivity index (χ2n) is 6.13. The summed E-state index contributed by atoms with van der Waals surface area (Å²) < 4.78 is 1.72. The Bertz CT molecular complexity index is 689. The average molecular weight is 272 g/mol. The van der Waals surface area contributed by atoms with E-state index in [1.165, 1.54) is 18.4 Å². The number of likely N-dealkylation sites (tertiary alicyclic amines) is 1. The van der Waals surface area contributed by atoms with Gasteiger partial charge in [-0.2, -0.15) is 0 Å². The van der Waals surface area contributed by atoms with Crippen LogP contribution >= 0.6 is 0 Å². The van der Waals surface area contributed by atoms with E-state index in [0.717, 1.165) is 30.7 Å². The molecule has 2 aliphatic rings. The van der Waals surface area contributed by atoms with E-state index >= 15 is 0 Å². The molecule has 1 aromatic carbocycles. The maximum Gasteiger partial charge on any atom is 0.326 e. The number of aryl methyl sites for hydroxylation is 1. The zero-order valence-electron chi connectivity index (χ0n) is 11.7. The molecule has 2 aliphatic heterocycles. The summed E-state index contributed by atoms with van der Waals surface area (Å²) in [5.74, 6) is 0. The van der Waals surface area contributed by atoms with Crippen LogP contribution in [0, 0.1) is 0 Å². The van der Waals surface area contributed by atoms with Crippen LogP contribution in [0.25, 0.3) is 11.0 Å². The van der Waals surface area contributed by atoms with Crippen LogP contribution in [-0.4, -0.2) is 39.6 Å². The lowest BCUT2D eigenvalue weighted by atomic mass is 10.1. The van der Waals surface area contributed by atoms with Crippen molar-refractivity contribution in [3.63, 3.8) is 0 Å². The van der Waals surface area contributed by atoms with Crippen molar-refractivity contribution in [2.24, 2.45) is 7.05 Å². The van der Waals surface area contributed by atoms with Gasteiger partial charge >= 0.3 is 5.69 Å². The van der Waals surface area contributed by atoms with Crippen LogP contribution in [0.4, 0.5) is 0 Å². The van der Waals surface area contributed by atoms with Gasteiger partial charge in [0.2, 0.25) is 0 Å². The molecule has 4 rings (SSSR count). The number of hydrogen-bond donors (Lipinski definition) is 2. The van der Waals surface area contributed by atoms with E-state index in [-0.39, 0.29) is 5.69 Å². The second kappa shape index (κ2) is 4.46. The van der Waals surface area contributed by atoms with Gasteiger partial charge in [-0.25, -0.2) is 4.79 Å². The molecule has 1 aromatic heterocycles. The molecule has 0 aliphatic carbocycles. The van der Waals surface area contributed by atoms with Gasteiger partial charge in [0, 0.05) is 38.8 Å². The number of nitrogens with zero attached hydrogens (tertiary/aromatic N) is 2. The number of piperazine rings is 1. The molecule has 20 heavy (non-hydrogen) atoms. The minimum absolute atomic E-state index is 0.0344. The zero-order chi connectivity index (χ0) is 13.7. The fraction of sp³-hybridized carbons (Fsp3) is 0.533. The first-order chi connectivity index (χ1) is 9.70.